The number of ether oxygens (including phenoxy) is 3. The van der Waals surface area contributed by atoms with E-state index in [-0.39, 0.29) is 42.7 Å². The van der Waals surface area contributed by atoms with Gasteiger partial charge in [0.25, 0.3) is 0 Å². The summed E-state index contributed by atoms with van der Waals surface area (Å²) >= 11 is 0. The van der Waals surface area contributed by atoms with Crippen LogP contribution in [0.3, 0.4) is 0 Å². The monoisotopic (exact) mass is 896 g/mol. The summed E-state index contributed by atoms with van der Waals surface area (Å²) in [6, 6.07) is -0.730. The molecule has 0 aliphatic carbocycles. The van der Waals surface area contributed by atoms with Crippen molar-refractivity contribution in [3.63, 3.8) is 0 Å². The SMILES string of the molecule is CC/C=C/C/C=C/C/C=C/CCCCCCCCCCCCC(=O)OCC(COCCC(C(=O)[O-])[N+](C)(C)C)OC(=O)CCCCCCCCCCCC/C=C/C/C=C/C/C=C/CC. The van der Waals surface area contributed by atoms with E-state index in [1.807, 2.05) is 0 Å². The predicted octanol–water partition coefficient (Wildman–Crippen LogP) is 13.8. The van der Waals surface area contributed by atoms with E-state index in [4.69, 9.17) is 14.2 Å². The lowest BCUT2D eigenvalue weighted by molar-refractivity contribution is -0.889. The fourth-order valence-corrected chi connectivity index (χ4v) is 7.39. The molecule has 0 aliphatic heterocycles. The zero-order valence-corrected chi connectivity index (χ0v) is 41.9. The summed E-state index contributed by atoms with van der Waals surface area (Å²) in [6.07, 6.45) is 59.3. The van der Waals surface area contributed by atoms with Crippen LogP contribution in [-0.4, -0.2) is 75.5 Å². The number of nitrogens with zero attached hydrogens (tertiary/aromatic N) is 1. The quantitative estimate of drug-likeness (QED) is 0.0259. The molecule has 0 rings (SSSR count). The van der Waals surface area contributed by atoms with E-state index in [2.05, 4.69) is 86.8 Å². The molecule has 368 valence electrons. The third-order valence-corrected chi connectivity index (χ3v) is 11.3. The molecule has 0 saturated carbocycles. The average molecular weight is 896 g/mol. The van der Waals surface area contributed by atoms with Crippen molar-refractivity contribution >= 4 is 17.9 Å². The first kappa shape index (κ1) is 60.8. The second kappa shape index (κ2) is 46.3. The van der Waals surface area contributed by atoms with E-state index in [1.54, 1.807) is 21.1 Å². The van der Waals surface area contributed by atoms with Crippen molar-refractivity contribution in [3.8, 4) is 0 Å². The Morgan fingerprint density at radius 2 is 0.828 bits per heavy atom. The van der Waals surface area contributed by atoms with Crippen molar-refractivity contribution in [2.24, 2.45) is 0 Å². The van der Waals surface area contributed by atoms with E-state index >= 15 is 0 Å². The smallest absolute Gasteiger partial charge is 0.306 e. The zero-order chi connectivity index (χ0) is 47.0. The number of hydrogen-bond donors (Lipinski definition) is 0. The first-order valence-electron chi connectivity index (χ1n) is 26.0. The van der Waals surface area contributed by atoms with Crippen LogP contribution in [0, 0.1) is 0 Å². The molecule has 8 nitrogen and oxygen atoms in total. The van der Waals surface area contributed by atoms with Crippen molar-refractivity contribution in [2.45, 2.75) is 225 Å². The minimum absolute atomic E-state index is 0.0359. The van der Waals surface area contributed by atoms with Crippen molar-refractivity contribution in [2.75, 3.05) is 41.0 Å². The maximum absolute atomic E-state index is 12.8. The summed E-state index contributed by atoms with van der Waals surface area (Å²) in [5.41, 5.74) is 0. The van der Waals surface area contributed by atoms with Gasteiger partial charge < -0.3 is 28.6 Å². The normalized spacial score (nSPS) is 13.5. The number of quaternary nitrogens is 1. The standard InChI is InChI=1S/C56H97NO7/c1-6-8-10-12-14-16-18-20-22-24-26-28-30-32-34-36-38-40-42-44-46-54(58)63-51-52(50-62-49-48-53(56(60)61)57(3,4)5)64-55(59)47-45-43-41-39-37-35-33-31-29-27-25-23-21-19-17-15-13-11-9-7-2/h8-11,14-17,20-23,52-53H,6-7,12-13,18-19,24-51H2,1-5H3/b10-8+,11-9+,16-14+,17-15+,22-20+,23-21+. The molecule has 0 aromatic heterocycles. The summed E-state index contributed by atoms with van der Waals surface area (Å²) in [5.74, 6) is -1.74. The maximum Gasteiger partial charge on any atom is 0.306 e. The number of esters is 2. The number of unbranched alkanes of at least 4 members (excludes halogenated alkanes) is 20. The van der Waals surface area contributed by atoms with Gasteiger partial charge in [-0.1, -0.05) is 189 Å². The Hall–Kier alpha value is -3.23. The van der Waals surface area contributed by atoms with Gasteiger partial charge in [-0.2, -0.15) is 0 Å². The molecule has 0 aliphatic rings. The lowest BCUT2D eigenvalue weighted by Gasteiger charge is -2.34. The number of carboxylic acid groups (broad SMARTS) is 1. The molecule has 8 heteroatoms. The third kappa shape index (κ3) is 44.0. The number of rotatable bonds is 46. The molecule has 64 heavy (non-hydrogen) atoms. The van der Waals surface area contributed by atoms with E-state index in [9.17, 15) is 19.5 Å². The summed E-state index contributed by atoms with van der Waals surface area (Å²) in [4.78, 5) is 37.1. The van der Waals surface area contributed by atoms with Crippen LogP contribution in [0.25, 0.3) is 0 Å². The number of hydrogen-bond acceptors (Lipinski definition) is 7. The minimum Gasteiger partial charge on any atom is -0.544 e. The van der Waals surface area contributed by atoms with Crippen molar-refractivity contribution in [3.05, 3.63) is 72.9 Å². The van der Waals surface area contributed by atoms with E-state index < -0.39 is 18.1 Å². The Morgan fingerprint density at radius 1 is 0.469 bits per heavy atom. The number of carbonyl (C=O) groups excluding carboxylic acids is 3. The summed E-state index contributed by atoms with van der Waals surface area (Å²) in [5, 5.41) is 11.7. The van der Waals surface area contributed by atoms with E-state index in [0.717, 1.165) is 77.0 Å². The van der Waals surface area contributed by atoms with Gasteiger partial charge in [0.15, 0.2) is 6.10 Å². The van der Waals surface area contributed by atoms with Gasteiger partial charge in [0, 0.05) is 19.3 Å². The zero-order valence-electron chi connectivity index (χ0n) is 41.9. The lowest BCUT2D eigenvalue weighted by atomic mass is 10.0. The van der Waals surface area contributed by atoms with Crippen molar-refractivity contribution < 1.29 is 38.2 Å². The number of carbonyl (C=O) groups is 3. The topological polar surface area (TPSA) is 102 Å². The molecule has 0 heterocycles. The van der Waals surface area contributed by atoms with Gasteiger partial charge in [-0.05, 0) is 77.0 Å². The molecule has 0 N–H and O–H groups in total. The van der Waals surface area contributed by atoms with Gasteiger partial charge >= 0.3 is 11.9 Å². The molecule has 0 saturated heterocycles. The van der Waals surface area contributed by atoms with Crippen LogP contribution < -0.4 is 5.11 Å². The van der Waals surface area contributed by atoms with Crippen molar-refractivity contribution in [1.82, 2.24) is 0 Å². The second-order valence-corrected chi connectivity index (χ2v) is 18.3. The Balaban J connectivity index is 4.24. The highest BCUT2D eigenvalue weighted by atomic mass is 16.6. The summed E-state index contributed by atoms with van der Waals surface area (Å²) in [6.45, 7) is 4.45. The first-order chi connectivity index (χ1) is 31.1. The van der Waals surface area contributed by atoms with Gasteiger partial charge in [0.2, 0.25) is 0 Å². The maximum atomic E-state index is 12.8. The third-order valence-electron chi connectivity index (χ3n) is 11.3. The van der Waals surface area contributed by atoms with Crippen LogP contribution in [0.1, 0.15) is 213 Å². The van der Waals surface area contributed by atoms with Gasteiger partial charge in [0.1, 0.15) is 12.6 Å². The molecule has 0 amide bonds. The minimum atomic E-state index is -1.13. The molecular formula is C56H97NO7. The molecular weight excluding hydrogens is 799 g/mol. The van der Waals surface area contributed by atoms with Crippen LogP contribution in [0.4, 0.5) is 0 Å². The fourth-order valence-electron chi connectivity index (χ4n) is 7.39. The van der Waals surface area contributed by atoms with E-state index in [0.29, 0.717) is 12.8 Å². The van der Waals surface area contributed by atoms with Gasteiger partial charge in [-0.15, -0.1) is 0 Å². The highest BCUT2D eigenvalue weighted by Crippen LogP contribution is 2.15. The molecule has 0 radical (unpaired) electrons. The Morgan fingerprint density at radius 3 is 1.22 bits per heavy atom. The summed E-state index contributed by atoms with van der Waals surface area (Å²) in [7, 11) is 5.41. The molecule has 2 unspecified atom stereocenters. The van der Waals surface area contributed by atoms with Crippen molar-refractivity contribution in [1.29, 1.82) is 0 Å². The Bertz CT molecular complexity index is 1270. The second-order valence-electron chi connectivity index (χ2n) is 18.3. The van der Waals surface area contributed by atoms with E-state index in [1.165, 1.54) is 103 Å². The fraction of sp³-hybridized carbons (Fsp3) is 0.732. The number of aliphatic carboxylic acids is 1. The average Bonchev–Trinajstić information content (AvgIpc) is 3.26. The summed E-state index contributed by atoms with van der Waals surface area (Å²) < 4.78 is 17.3. The first-order valence-corrected chi connectivity index (χ1v) is 26.0. The Kier molecular flexibility index (Phi) is 44.0. The van der Waals surface area contributed by atoms with Crippen LogP contribution in [0.2, 0.25) is 0 Å². The highest BCUT2D eigenvalue weighted by molar-refractivity contribution is 5.70. The molecule has 0 spiro atoms. The van der Waals surface area contributed by atoms with Gasteiger partial charge in [-0.3, -0.25) is 9.59 Å². The Labute approximate surface area is 393 Å². The largest absolute Gasteiger partial charge is 0.544 e. The van der Waals surface area contributed by atoms with Crippen LogP contribution >= 0.6 is 0 Å². The number of allylic oxidation sites excluding steroid dienone is 12. The van der Waals surface area contributed by atoms with Gasteiger partial charge in [-0.25, -0.2) is 0 Å². The molecule has 2 atom stereocenters. The number of likely N-dealkylation sites (N-methyl/N-ethyl adjacent to an activating group) is 1. The molecule has 0 fully saturated rings. The predicted molar refractivity (Wildman–Crippen MR) is 268 cm³/mol. The molecule has 0 aromatic carbocycles. The highest BCUT2D eigenvalue weighted by Gasteiger charge is 2.25. The van der Waals surface area contributed by atoms with Crippen LogP contribution in [-0.2, 0) is 28.6 Å². The number of carboxylic acids is 1. The van der Waals surface area contributed by atoms with Gasteiger partial charge in [0.05, 0.1) is 40.3 Å². The van der Waals surface area contributed by atoms with Crippen LogP contribution in [0.5, 0.6) is 0 Å². The van der Waals surface area contributed by atoms with Crippen LogP contribution in [0.15, 0.2) is 72.9 Å². The lowest BCUT2D eigenvalue weighted by Crippen LogP contribution is -2.55. The molecule has 0 aromatic rings. The molecule has 0 bridgehead atoms.